The normalized spacial score (nSPS) is 9.65. The summed E-state index contributed by atoms with van der Waals surface area (Å²) in [6.07, 6.45) is 8.00. The molecule has 43 heavy (non-hydrogen) atoms. The average molecular weight is 625 g/mol. The highest BCUT2D eigenvalue weighted by atomic mass is 35.5. The predicted molar refractivity (Wildman–Crippen MR) is 180 cm³/mol. The van der Waals surface area contributed by atoms with Gasteiger partial charge in [0.15, 0.2) is 0 Å². The SMILES string of the molecule is C#C.CC.CC(C)C.O=C(CNc1cc(-c2ccccc2F)nc(NCc2cccc(Cl)c2)n1)NCc1ccc(Cl)cc1. The van der Waals surface area contributed by atoms with Crippen molar-refractivity contribution >= 4 is 40.9 Å². The number of carbonyl (C=O) groups excluding carboxylic acids is 1. The zero-order chi connectivity index (χ0) is 32.2. The van der Waals surface area contributed by atoms with E-state index in [0.29, 0.717) is 40.2 Å². The summed E-state index contributed by atoms with van der Waals surface area (Å²) in [6.45, 7) is 11.3. The molecule has 9 heteroatoms. The van der Waals surface area contributed by atoms with E-state index in [4.69, 9.17) is 23.2 Å². The molecule has 0 aliphatic carbocycles. The number of nitrogens with zero attached hydrogens (tertiary/aromatic N) is 2. The van der Waals surface area contributed by atoms with Crippen molar-refractivity contribution in [2.75, 3.05) is 17.2 Å². The second-order valence-electron chi connectivity index (χ2n) is 9.41. The van der Waals surface area contributed by atoms with Gasteiger partial charge in [0.2, 0.25) is 11.9 Å². The Bertz CT molecular complexity index is 1410. The molecule has 1 heterocycles. The lowest BCUT2D eigenvalue weighted by atomic mass is 10.1. The fraction of sp³-hybridized carbons (Fsp3) is 0.265. The largest absolute Gasteiger partial charge is 0.361 e. The number of benzene rings is 3. The van der Waals surface area contributed by atoms with E-state index in [1.807, 2.05) is 44.2 Å². The van der Waals surface area contributed by atoms with Gasteiger partial charge in [-0.3, -0.25) is 4.79 Å². The summed E-state index contributed by atoms with van der Waals surface area (Å²) in [5.74, 6) is 0.876. The van der Waals surface area contributed by atoms with Crippen molar-refractivity contribution in [1.29, 1.82) is 0 Å². The molecule has 228 valence electrons. The van der Waals surface area contributed by atoms with E-state index in [2.05, 4.69) is 59.5 Å². The number of carbonyl (C=O) groups is 1. The van der Waals surface area contributed by atoms with E-state index >= 15 is 0 Å². The van der Waals surface area contributed by atoms with E-state index in [1.54, 1.807) is 42.5 Å². The van der Waals surface area contributed by atoms with Crippen molar-refractivity contribution in [3.05, 3.63) is 106 Å². The maximum atomic E-state index is 14.4. The number of amides is 1. The van der Waals surface area contributed by atoms with E-state index < -0.39 is 5.82 Å². The van der Waals surface area contributed by atoms with Crippen LogP contribution >= 0.6 is 23.2 Å². The monoisotopic (exact) mass is 623 g/mol. The third-order valence-electron chi connectivity index (χ3n) is 5.05. The zero-order valence-electron chi connectivity index (χ0n) is 25.3. The van der Waals surface area contributed by atoms with Crippen molar-refractivity contribution in [2.45, 2.75) is 47.7 Å². The Kier molecular flexibility index (Phi) is 17.8. The molecular weight excluding hydrogens is 584 g/mol. The maximum Gasteiger partial charge on any atom is 0.239 e. The number of terminal acetylenes is 1. The highest BCUT2D eigenvalue weighted by Crippen LogP contribution is 2.24. The molecule has 3 aromatic carbocycles. The molecule has 0 unspecified atom stereocenters. The summed E-state index contributed by atoms with van der Waals surface area (Å²) in [7, 11) is 0. The molecular formula is C34H40Cl2FN5O. The van der Waals surface area contributed by atoms with E-state index in [1.165, 1.54) is 6.07 Å². The van der Waals surface area contributed by atoms with Gasteiger partial charge >= 0.3 is 0 Å². The minimum Gasteiger partial charge on any atom is -0.361 e. The number of aromatic nitrogens is 2. The quantitative estimate of drug-likeness (QED) is 0.162. The second kappa shape index (κ2) is 20.7. The van der Waals surface area contributed by atoms with Gasteiger partial charge in [-0.05, 0) is 53.4 Å². The van der Waals surface area contributed by atoms with Crippen LogP contribution in [-0.2, 0) is 17.9 Å². The smallest absolute Gasteiger partial charge is 0.239 e. The first-order valence-corrected chi connectivity index (χ1v) is 14.7. The molecule has 4 aromatic rings. The zero-order valence-corrected chi connectivity index (χ0v) is 26.8. The number of anilines is 2. The Balaban J connectivity index is 0.00000105. The number of hydrogen-bond donors (Lipinski definition) is 3. The van der Waals surface area contributed by atoms with Gasteiger partial charge in [-0.15, -0.1) is 12.8 Å². The van der Waals surface area contributed by atoms with Gasteiger partial charge in [-0.2, -0.15) is 4.98 Å². The van der Waals surface area contributed by atoms with Crippen LogP contribution in [0.3, 0.4) is 0 Å². The summed E-state index contributed by atoms with van der Waals surface area (Å²) in [5, 5.41) is 10.2. The molecule has 4 rings (SSSR count). The first-order chi connectivity index (χ1) is 20.7. The molecule has 0 aliphatic heterocycles. The van der Waals surface area contributed by atoms with Gasteiger partial charge < -0.3 is 16.0 Å². The van der Waals surface area contributed by atoms with Crippen molar-refractivity contribution in [2.24, 2.45) is 5.92 Å². The molecule has 1 aromatic heterocycles. The average Bonchev–Trinajstić information content (AvgIpc) is 3.01. The third-order valence-corrected chi connectivity index (χ3v) is 5.54. The minimum absolute atomic E-state index is 0.0188. The lowest BCUT2D eigenvalue weighted by molar-refractivity contribution is -0.119. The Labute approximate surface area is 265 Å². The summed E-state index contributed by atoms with van der Waals surface area (Å²) in [4.78, 5) is 21.3. The molecule has 0 atom stereocenters. The maximum absolute atomic E-state index is 14.4. The van der Waals surface area contributed by atoms with Crippen LogP contribution in [0, 0.1) is 24.6 Å². The highest BCUT2D eigenvalue weighted by molar-refractivity contribution is 6.30. The molecule has 0 fully saturated rings. The number of rotatable bonds is 9. The lowest BCUT2D eigenvalue weighted by Gasteiger charge is -2.12. The van der Waals surface area contributed by atoms with Gasteiger partial charge in [0.05, 0.1) is 12.2 Å². The lowest BCUT2D eigenvalue weighted by Crippen LogP contribution is -2.29. The van der Waals surface area contributed by atoms with Crippen LogP contribution in [0.4, 0.5) is 16.2 Å². The van der Waals surface area contributed by atoms with E-state index in [0.717, 1.165) is 17.0 Å². The standard InChI is InChI=1S/C26H22Cl2FN5O.C4H10.C2H6.C2H2/c27-19-10-8-17(9-11-19)14-31-25(35)16-30-24-13-23(21-6-1-2-7-22(21)29)33-26(34-24)32-15-18-4-3-5-20(28)12-18;1-4(2)3;2*1-2/h1-13H,14-16H2,(H,31,35)(H2,30,32,33,34);4H,1-3H3;1-2H3;1-2H. The summed E-state index contributed by atoms with van der Waals surface area (Å²) in [5.41, 5.74) is 2.58. The Hall–Kier alpha value is -4.12. The fourth-order valence-corrected chi connectivity index (χ4v) is 3.63. The first-order valence-electron chi connectivity index (χ1n) is 13.9. The molecule has 0 radical (unpaired) electrons. The summed E-state index contributed by atoms with van der Waals surface area (Å²) < 4.78 is 14.4. The molecule has 0 saturated carbocycles. The van der Waals surface area contributed by atoms with E-state index in [9.17, 15) is 9.18 Å². The Morgan fingerprint density at radius 2 is 1.47 bits per heavy atom. The van der Waals surface area contributed by atoms with Crippen molar-refractivity contribution in [3.8, 4) is 24.1 Å². The molecule has 6 nitrogen and oxygen atoms in total. The highest BCUT2D eigenvalue weighted by Gasteiger charge is 2.12. The summed E-state index contributed by atoms with van der Waals surface area (Å²) in [6, 6.07) is 22.6. The number of nitrogens with one attached hydrogen (secondary N) is 3. The van der Waals surface area contributed by atoms with Crippen LogP contribution in [0.15, 0.2) is 78.9 Å². The molecule has 0 saturated heterocycles. The van der Waals surface area contributed by atoms with Crippen LogP contribution in [-0.4, -0.2) is 22.4 Å². The van der Waals surface area contributed by atoms with Crippen molar-refractivity contribution in [1.82, 2.24) is 15.3 Å². The topological polar surface area (TPSA) is 78.9 Å². The van der Waals surface area contributed by atoms with Gasteiger partial charge in [-0.1, -0.05) is 94.2 Å². The van der Waals surface area contributed by atoms with Gasteiger partial charge in [0.1, 0.15) is 11.6 Å². The summed E-state index contributed by atoms with van der Waals surface area (Å²) >= 11 is 12.0. The number of hydrogen-bond acceptors (Lipinski definition) is 5. The Morgan fingerprint density at radius 3 is 2.09 bits per heavy atom. The van der Waals surface area contributed by atoms with Crippen LogP contribution in [0.5, 0.6) is 0 Å². The number of halogens is 3. The van der Waals surface area contributed by atoms with Gasteiger partial charge in [0.25, 0.3) is 0 Å². The second-order valence-corrected chi connectivity index (χ2v) is 10.3. The van der Waals surface area contributed by atoms with Crippen LogP contribution in [0.25, 0.3) is 11.3 Å². The van der Waals surface area contributed by atoms with Gasteiger partial charge in [0, 0.05) is 34.8 Å². The fourth-order valence-electron chi connectivity index (χ4n) is 3.29. The van der Waals surface area contributed by atoms with Crippen LogP contribution in [0.2, 0.25) is 10.0 Å². The first kappa shape index (κ1) is 36.9. The molecule has 3 N–H and O–H groups in total. The van der Waals surface area contributed by atoms with Crippen LogP contribution in [0.1, 0.15) is 45.7 Å². The molecule has 0 aliphatic rings. The Morgan fingerprint density at radius 1 is 0.814 bits per heavy atom. The van der Waals surface area contributed by atoms with E-state index in [-0.39, 0.29) is 18.4 Å². The minimum atomic E-state index is -0.404. The van der Waals surface area contributed by atoms with Gasteiger partial charge in [-0.25, -0.2) is 9.37 Å². The molecule has 0 bridgehead atoms. The predicted octanol–water partition coefficient (Wildman–Crippen LogP) is 8.87. The molecule has 0 spiro atoms. The van der Waals surface area contributed by atoms with Crippen molar-refractivity contribution < 1.29 is 9.18 Å². The van der Waals surface area contributed by atoms with Crippen LogP contribution < -0.4 is 16.0 Å². The molecule has 1 amide bonds. The third kappa shape index (κ3) is 14.6. The van der Waals surface area contributed by atoms with Crippen molar-refractivity contribution in [3.63, 3.8) is 0 Å².